The van der Waals surface area contributed by atoms with Crippen LogP contribution in [0.1, 0.15) is 38.8 Å². The molecule has 0 saturated heterocycles. The molecule has 19 nitrogen and oxygen atoms in total. The minimum Gasteiger partial charge on any atom is -0.494 e. The summed E-state index contributed by atoms with van der Waals surface area (Å²) >= 11 is 3.89. The van der Waals surface area contributed by atoms with Crippen LogP contribution in [0, 0.1) is 13.8 Å². The predicted molar refractivity (Wildman–Crippen MR) is 264 cm³/mol. The summed E-state index contributed by atoms with van der Waals surface area (Å²) in [6.45, 7) is 14.5. The monoisotopic (exact) mass is 971 g/mol. The van der Waals surface area contributed by atoms with E-state index in [0.29, 0.717) is 92.2 Å². The quantitative estimate of drug-likeness (QED) is 0.0315. The lowest BCUT2D eigenvalue weighted by atomic mass is 10.2. The number of anilines is 6. The van der Waals surface area contributed by atoms with Gasteiger partial charge in [-0.15, -0.1) is 20.5 Å². The lowest BCUT2D eigenvalue weighted by Crippen LogP contribution is -2.22. The number of nitrogens with zero attached hydrogens (tertiary/aromatic N) is 11. The fourth-order valence-electron chi connectivity index (χ4n) is 6.96. The SMILES string of the molecule is CCN(CC)c1cc(Nc2nc(Nc3cc(N(CC)CC)c(OC)cc3N=Nc3nc4cc(S(=O)(=O)O)c(C)cc4s3)nc(SCCO)n2)c(N=Nc2nc3ccc(C)cc3s2)cc1OC. The van der Waals surface area contributed by atoms with E-state index in [9.17, 15) is 18.1 Å². The van der Waals surface area contributed by atoms with Crippen molar-refractivity contribution in [1.29, 1.82) is 0 Å². The van der Waals surface area contributed by atoms with Crippen LogP contribution in [0.15, 0.2) is 85.1 Å². The third-order valence-electron chi connectivity index (χ3n) is 10.2. The first-order valence-corrected chi connectivity index (χ1v) is 24.9. The van der Waals surface area contributed by atoms with Gasteiger partial charge in [0, 0.05) is 44.1 Å². The molecule has 4 aromatic carbocycles. The molecule has 0 bridgehead atoms. The first kappa shape index (κ1) is 47.8. The topological polar surface area (TPSA) is 237 Å². The Morgan fingerprint density at radius 3 is 1.68 bits per heavy atom. The average Bonchev–Trinajstić information content (AvgIpc) is 3.90. The lowest BCUT2D eigenvalue weighted by molar-refractivity contribution is 0.322. The van der Waals surface area contributed by atoms with Gasteiger partial charge in [-0.05, 0) is 89.1 Å². The van der Waals surface area contributed by atoms with Crippen LogP contribution in [-0.4, -0.2) is 95.8 Å². The van der Waals surface area contributed by atoms with Gasteiger partial charge in [0.1, 0.15) is 22.9 Å². The Morgan fingerprint density at radius 1 is 0.682 bits per heavy atom. The maximum absolute atomic E-state index is 12.0. The van der Waals surface area contributed by atoms with Crippen LogP contribution in [0.2, 0.25) is 0 Å². The van der Waals surface area contributed by atoms with Crippen LogP contribution in [0.3, 0.4) is 0 Å². The number of thioether (sulfide) groups is 1. The Hall–Kier alpha value is -6.11. The summed E-state index contributed by atoms with van der Waals surface area (Å²) < 4.78 is 47.1. The molecule has 3 aromatic heterocycles. The molecule has 0 spiro atoms. The van der Waals surface area contributed by atoms with Crippen molar-refractivity contribution >= 4 is 121 Å². The van der Waals surface area contributed by atoms with Crippen LogP contribution in [-0.2, 0) is 10.1 Å². The van der Waals surface area contributed by atoms with E-state index in [-0.39, 0.29) is 28.5 Å². The van der Waals surface area contributed by atoms with E-state index >= 15 is 0 Å². The number of hydrogen-bond donors (Lipinski definition) is 4. The van der Waals surface area contributed by atoms with Gasteiger partial charge in [0.15, 0.2) is 5.16 Å². The third-order valence-corrected chi connectivity index (χ3v) is 13.8. The van der Waals surface area contributed by atoms with Crippen LogP contribution >= 0.6 is 34.4 Å². The number of aliphatic hydroxyl groups is 1. The zero-order valence-electron chi connectivity index (χ0n) is 37.5. The molecule has 0 unspecified atom stereocenters. The van der Waals surface area contributed by atoms with E-state index < -0.39 is 10.1 Å². The second kappa shape index (κ2) is 21.0. The number of aryl methyl sites for hydroxylation is 2. The van der Waals surface area contributed by atoms with Crippen molar-refractivity contribution in [3.63, 3.8) is 0 Å². The summed E-state index contributed by atoms with van der Waals surface area (Å²) in [7, 11) is -1.27. The first-order chi connectivity index (χ1) is 31.8. The largest absolute Gasteiger partial charge is 0.494 e. The number of rotatable bonds is 20. The summed E-state index contributed by atoms with van der Waals surface area (Å²) in [6, 6.07) is 16.3. The van der Waals surface area contributed by atoms with Gasteiger partial charge in [0.25, 0.3) is 10.1 Å². The fourth-order valence-corrected chi connectivity index (χ4v) is 10.0. The molecule has 346 valence electrons. The smallest absolute Gasteiger partial charge is 0.294 e. The van der Waals surface area contributed by atoms with Crippen LogP contribution < -0.4 is 29.9 Å². The van der Waals surface area contributed by atoms with E-state index in [4.69, 9.17) is 24.4 Å². The molecule has 0 aliphatic heterocycles. The summed E-state index contributed by atoms with van der Waals surface area (Å²) in [5, 5.41) is 35.8. The number of ether oxygens (including phenoxy) is 2. The Labute approximate surface area is 394 Å². The van der Waals surface area contributed by atoms with Crippen LogP contribution in [0.4, 0.5) is 56.3 Å². The predicted octanol–water partition coefficient (Wildman–Crippen LogP) is 11.1. The molecule has 0 saturated carbocycles. The van der Waals surface area contributed by atoms with Crippen molar-refractivity contribution < 1.29 is 27.6 Å². The summed E-state index contributed by atoms with van der Waals surface area (Å²) in [4.78, 5) is 27.5. The Morgan fingerprint density at radius 2 is 1.20 bits per heavy atom. The number of hydrogen-bond acceptors (Lipinski definition) is 21. The Balaban J connectivity index is 1.31. The van der Waals surface area contributed by atoms with Crippen molar-refractivity contribution in [2.45, 2.75) is 51.6 Å². The van der Waals surface area contributed by atoms with E-state index in [1.807, 2.05) is 51.1 Å². The molecule has 0 aliphatic rings. The molecule has 0 amide bonds. The fraction of sp³-hybridized carbons (Fsp3) is 0.326. The molecule has 0 atom stereocenters. The molecule has 4 N–H and O–H groups in total. The number of thiazole rings is 2. The third kappa shape index (κ3) is 10.9. The first-order valence-electron chi connectivity index (χ1n) is 20.8. The number of azo groups is 2. The Bertz CT molecular complexity index is 3040. The van der Waals surface area contributed by atoms with Gasteiger partial charge in [-0.1, -0.05) is 40.5 Å². The maximum Gasteiger partial charge on any atom is 0.294 e. The van der Waals surface area contributed by atoms with Crippen molar-refractivity contribution in [3.05, 3.63) is 65.7 Å². The Kier molecular flexibility index (Phi) is 15.2. The number of fused-ring (bicyclic) bond motifs is 2. The number of aromatic nitrogens is 5. The van der Waals surface area contributed by atoms with Crippen LogP contribution in [0.5, 0.6) is 11.5 Å². The van der Waals surface area contributed by atoms with Gasteiger partial charge < -0.3 is 35.0 Å². The van der Waals surface area contributed by atoms with Gasteiger partial charge >= 0.3 is 0 Å². The molecule has 7 rings (SSSR count). The number of benzene rings is 4. The number of methoxy groups -OCH3 is 2. The molecular weight excluding hydrogens is 923 g/mol. The van der Waals surface area contributed by atoms with Gasteiger partial charge in [0.2, 0.25) is 22.2 Å². The highest BCUT2D eigenvalue weighted by Gasteiger charge is 2.21. The standard InChI is InChI=1S/C43H49N13O6S4/c1-9-55(10-2)32-19-27(29(21-34(32)61-7)51-53-42-46-26-14-13-24(5)17-36(26)64-42)44-39-48-40(50-41(49-39)63-16-15-57)45-28-20-33(56(11-3)12-4)35(62-8)22-30(28)52-54-43-47-31-23-38(66(58,59)60)25(6)18-37(31)65-43/h13-14,17-23,57H,9-12,15-16H2,1-8H3,(H,58,59,60)(H2,44,45,48,49,50). The minimum absolute atomic E-state index is 0.109. The van der Waals surface area contributed by atoms with Gasteiger partial charge in [-0.3, -0.25) is 4.55 Å². The second-order valence-electron chi connectivity index (χ2n) is 14.4. The molecular formula is C43H49N13O6S4. The second-order valence-corrected chi connectivity index (χ2v) is 18.9. The molecule has 23 heteroatoms. The molecule has 0 fully saturated rings. The number of nitrogens with one attached hydrogen (secondary N) is 2. The molecule has 0 aliphatic carbocycles. The normalized spacial score (nSPS) is 11.9. The molecule has 66 heavy (non-hydrogen) atoms. The zero-order valence-corrected chi connectivity index (χ0v) is 40.8. The molecule has 3 heterocycles. The summed E-state index contributed by atoms with van der Waals surface area (Å²) in [5.74, 6) is 1.78. The zero-order chi connectivity index (χ0) is 47.1. The lowest BCUT2D eigenvalue weighted by Gasteiger charge is -2.25. The van der Waals surface area contributed by atoms with Crippen molar-refractivity contribution in [1.82, 2.24) is 24.9 Å². The van der Waals surface area contributed by atoms with Gasteiger partial charge in [-0.2, -0.15) is 23.4 Å². The highest BCUT2D eigenvalue weighted by atomic mass is 32.2. The van der Waals surface area contributed by atoms with E-state index in [0.717, 1.165) is 27.2 Å². The van der Waals surface area contributed by atoms with E-state index in [2.05, 4.69) is 70.8 Å². The highest BCUT2D eigenvalue weighted by molar-refractivity contribution is 7.99. The van der Waals surface area contributed by atoms with Crippen molar-refractivity contribution in [2.24, 2.45) is 20.5 Å². The highest BCUT2D eigenvalue weighted by Crippen LogP contribution is 2.43. The molecule has 0 radical (unpaired) electrons. The van der Waals surface area contributed by atoms with Crippen molar-refractivity contribution in [3.8, 4) is 11.5 Å². The van der Waals surface area contributed by atoms with E-state index in [1.165, 1.54) is 40.5 Å². The average molecular weight is 972 g/mol. The summed E-state index contributed by atoms with van der Waals surface area (Å²) in [5.41, 5.74) is 6.07. The van der Waals surface area contributed by atoms with E-state index in [1.54, 1.807) is 33.3 Å². The number of aliphatic hydroxyl groups excluding tert-OH is 1. The van der Waals surface area contributed by atoms with Gasteiger partial charge in [0.05, 0.1) is 68.9 Å². The minimum atomic E-state index is -4.46. The summed E-state index contributed by atoms with van der Waals surface area (Å²) in [6.07, 6.45) is 0. The van der Waals surface area contributed by atoms with Crippen LogP contribution in [0.25, 0.3) is 20.4 Å². The molecule has 7 aromatic rings. The maximum atomic E-state index is 12.0. The van der Waals surface area contributed by atoms with Crippen molar-refractivity contribution in [2.75, 3.05) is 73.2 Å². The van der Waals surface area contributed by atoms with Gasteiger partial charge in [-0.25, -0.2) is 9.97 Å².